The molecule has 0 radical (unpaired) electrons. The number of likely N-dealkylation sites (tertiary alicyclic amines) is 1. The molecule has 2 fully saturated rings. The van der Waals surface area contributed by atoms with Crippen molar-refractivity contribution in [1.29, 1.82) is 0 Å². The fourth-order valence-corrected chi connectivity index (χ4v) is 3.58. The Kier molecular flexibility index (Phi) is 4.54. The minimum atomic E-state index is -0.414. The van der Waals surface area contributed by atoms with Gasteiger partial charge in [-0.1, -0.05) is 0 Å². The van der Waals surface area contributed by atoms with Gasteiger partial charge < -0.3 is 14.5 Å². The van der Waals surface area contributed by atoms with Gasteiger partial charge in [0.15, 0.2) is 0 Å². The molecule has 0 saturated carbocycles. The van der Waals surface area contributed by atoms with Gasteiger partial charge in [0, 0.05) is 44.3 Å². The van der Waals surface area contributed by atoms with Crippen LogP contribution in [0.15, 0.2) is 0 Å². The van der Waals surface area contributed by atoms with E-state index in [1.165, 1.54) is 0 Å². The van der Waals surface area contributed by atoms with Crippen molar-refractivity contribution in [3.63, 3.8) is 0 Å². The van der Waals surface area contributed by atoms with E-state index in [1.807, 2.05) is 25.7 Å². The molecule has 0 unspecified atom stereocenters. The van der Waals surface area contributed by atoms with Crippen molar-refractivity contribution >= 4 is 6.09 Å². The second-order valence-corrected chi connectivity index (χ2v) is 8.11. The van der Waals surface area contributed by atoms with Crippen LogP contribution in [0.25, 0.3) is 0 Å². The predicted molar refractivity (Wildman–Crippen MR) is 84.5 cm³/mol. The molecule has 0 bridgehead atoms. The van der Waals surface area contributed by atoms with E-state index in [0.717, 1.165) is 39.1 Å². The summed E-state index contributed by atoms with van der Waals surface area (Å²) in [6.07, 6.45) is 0.878. The molecule has 0 aromatic heterocycles. The lowest BCUT2D eigenvalue weighted by molar-refractivity contribution is -0.00282. The van der Waals surface area contributed by atoms with Crippen LogP contribution < -0.4 is 0 Å². The average Bonchev–Trinajstić information content (AvgIpc) is 2.74. The molecule has 21 heavy (non-hydrogen) atoms. The number of rotatable bonds is 1. The first-order valence-corrected chi connectivity index (χ1v) is 8.02. The fraction of sp³-hybridized carbons (Fsp3) is 0.938. The Hall–Kier alpha value is -0.810. The summed E-state index contributed by atoms with van der Waals surface area (Å²) in [7, 11) is 2.18. The molecular formula is C16H31N3O2. The standard InChI is InChI=1S/C16H31N3O2/c1-15(2,3)21-14(20)18-8-7-13(11-18)19-10-9-17(6)12-16(19,4)5/h13H,7-12H2,1-6H3/t13-/m1/s1. The summed E-state index contributed by atoms with van der Waals surface area (Å²) < 4.78 is 5.49. The summed E-state index contributed by atoms with van der Waals surface area (Å²) in [5.74, 6) is 0. The van der Waals surface area contributed by atoms with Crippen LogP contribution in [-0.2, 0) is 4.74 Å². The molecule has 5 nitrogen and oxygen atoms in total. The number of hydrogen-bond donors (Lipinski definition) is 0. The minimum absolute atomic E-state index is 0.168. The first-order chi connectivity index (χ1) is 9.58. The highest BCUT2D eigenvalue weighted by Gasteiger charge is 2.40. The molecule has 2 aliphatic heterocycles. The molecule has 0 N–H and O–H groups in total. The van der Waals surface area contributed by atoms with Gasteiger partial charge in [0.25, 0.3) is 0 Å². The Morgan fingerprint density at radius 2 is 1.86 bits per heavy atom. The zero-order valence-electron chi connectivity index (χ0n) is 14.5. The third kappa shape index (κ3) is 4.10. The molecule has 0 aliphatic carbocycles. The van der Waals surface area contributed by atoms with E-state index in [1.54, 1.807) is 0 Å². The molecule has 2 rings (SSSR count). The fourth-order valence-electron chi connectivity index (χ4n) is 3.58. The normalized spacial score (nSPS) is 27.9. The monoisotopic (exact) mass is 297 g/mol. The Morgan fingerprint density at radius 1 is 1.19 bits per heavy atom. The van der Waals surface area contributed by atoms with Crippen LogP contribution in [0.3, 0.4) is 0 Å². The second kappa shape index (κ2) is 5.76. The molecule has 5 heteroatoms. The summed E-state index contributed by atoms with van der Waals surface area (Å²) in [5, 5.41) is 0. The summed E-state index contributed by atoms with van der Waals surface area (Å²) >= 11 is 0. The molecule has 2 saturated heterocycles. The van der Waals surface area contributed by atoms with E-state index in [0.29, 0.717) is 6.04 Å². The van der Waals surface area contributed by atoms with Crippen LogP contribution in [0.5, 0.6) is 0 Å². The van der Waals surface area contributed by atoms with E-state index >= 15 is 0 Å². The summed E-state index contributed by atoms with van der Waals surface area (Å²) in [6, 6.07) is 0.459. The largest absolute Gasteiger partial charge is 0.444 e. The molecule has 0 aromatic rings. The highest BCUT2D eigenvalue weighted by atomic mass is 16.6. The first-order valence-electron chi connectivity index (χ1n) is 8.02. The van der Waals surface area contributed by atoms with Crippen LogP contribution >= 0.6 is 0 Å². The lowest BCUT2D eigenvalue weighted by Crippen LogP contribution is -2.61. The van der Waals surface area contributed by atoms with E-state index in [9.17, 15) is 4.79 Å². The Morgan fingerprint density at radius 3 is 2.43 bits per heavy atom. The SMILES string of the molecule is CN1CCN([C@@H]2CCN(C(=O)OC(C)(C)C)C2)C(C)(C)C1. The van der Waals surface area contributed by atoms with Crippen molar-refractivity contribution < 1.29 is 9.53 Å². The third-order valence-electron chi connectivity index (χ3n) is 4.41. The van der Waals surface area contributed by atoms with Gasteiger partial charge in [-0.05, 0) is 48.1 Å². The van der Waals surface area contributed by atoms with Crippen molar-refractivity contribution in [2.24, 2.45) is 0 Å². The summed E-state index contributed by atoms with van der Waals surface area (Å²) in [5.41, 5.74) is -0.246. The number of nitrogens with zero attached hydrogens (tertiary/aromatic N) is 3. The average molecular weight is 297 g/mol. The van der Waals surface area contributed by atoms with E-state index in [4.69, 9.17) is 4.74 Å². The Bertz CT molecular complexity index is 389. The minimum Gasteiger partial charge on any atom is -0.444 e. The quantitative estimate of drug-likeness (QED) is 0.742. The van der Waals surface area contributed by atoms with Crippen molar-refractivity contribution in [3.05, 3.63) is 0 Å². The highest BCUT2D eigenvalue weighted by molar-refractivity contribution is 5.68. The number of hydrogen-bond acceptors (Lipinski definition) is 4. The smallest absolute Gasteiger partial charge is 0.410 e. The molecule has 1 amide bonds. The maximum absolute atomic E-state index is 12.2. The van der Waals surface area contributed by atoms with Gasteiger partial charge in [-0.25, -0.2) is 4.79 Å². The van der Waals surface area contributed by atoms with Gasteiger partial charge >= 0.3 is 6.09 Å². The van der Waals surface area contributed by atoms with Crippen molar-refractivity contribution in [2.45, 2.75) is 58.2 Å². The van der Waals surface area contributed by atoms with Gasteiger partial charge in [0.2, 0.25) is 0 Å². The maximum atomic E-state index is 12.2. The molecule has 2 heterocycles. The number of carbonyl (C=O) groups is 1. The van der Waals surface area contributed by atoms with Gasteiger partial charge in [-0.3, -0.25) is 4.90 Å². The topological polar surface area (TPSA) is 36.0 Å². The second-order valence-electron chi connectivity index (χ2n) is 8.11. The molecule has 122 valence electrons. The van der Waals surface area contributed by atoms with Crippen LogP contribution in [0.2, 0.25) is 0 Å². The number of carbonyl (C=O) groups excluding carboxylic acids is 1. The van der Waals surface area contributed by atoms with Crippen LogP contribution in [0.1, 0.15) is 41.0 Å². The van der Waals surface area contributed by atoms with Gasteiger partial charge in [-0.2, -0.15) is 0 Å². The number of piperazine rings is 1. The van der Waals surface area contributed by atoms with E-state index in [2.05, 4.69) is 30.7 Å². The Balaban J connectivity index is 1.94. The molecule has 0 spiro atoms. The predicted octanol–water partition coefficient (Wildman–Crippen LogP) is 2.02. The lowest BCUT2D eigenvalue weighted by Gasteiger charge is -2.49. The summed E-state index contributed by atoms with van der Waals surface area (Å²) in [4.78, 5) is 19.0. The van der Waals surface area contributed by atoms with Crippen LogP contribution in [0.4, 0.5) is 4.79 Å². The third-order valence-corrected chi connectivity index (χ3v) is 4.41. The van der Waals surface area contributed by atoms with Gasteiger partial charge in [-0.15, -0.1) is 0 Å². The molecule has 1 atom stereocenters. The zero-order chi connectivity index (χ0) is 15.8. The van der Waals surface area contributed by atoms with Gasteiger partial charge in [0.1, 0.15) is 5.60 Å². The zero-order valence-corrected chi connectivity index (χ0v) is 14.5. The Labute approximate surface area is 129 Å². The summed E-state index contributed by atoms with van der Waals surface area (Å²) in [6.45, 7) is 15.2. The van der Waals surface area contributed by atoms with E-state index in [-0.39, 0.29) is 11.6 Å². The molecule has 0 aromatic carbocycles. The molecule has 2 aliphatic rings. The van der Waals surface area contributed by atoms with Crippen molar-refractivity contribution in [1.82, 2.24) is 14.7 Å². The van der Waals surface area contributed by atoms with Crippen LogP contribution in [-0.4, -0.2) is 77.7 Å². The van der Waals surface area contributed by atoms with Gasteiger partial charge in [0.05, 0.1) is 0 Å². The van der Waals surface area contributed by atoms with Crippen molar-refractivity contribution in [3.8, 4) is 0 Å². The lowest BCUT2D eigenvalue weighted by atomic mass is 9.96. The van der Waals surface area contributed by atoms with Crippen LogP contribution in [0, 0.1) is 0 Å². The number of likely N-dealkylation sites (N-methyl/N-ethyl adjacent to an activating group) is 1. The number of ether oxygens (including phenoxy) is 1. The van der Waals surface area contributed by atoms with E-state index < -0.39 is 5.60 Å². The maximum Gasteiger partial charge on any atom is 0.410 e. The first kappa shape index (κ1) is 16.6. The van der Waals surface area contributed by atoms with Crippen molar-refractivity contribution in [2.75, 3.05) is 39.8 Å². The number of amides is 1. The highest BCUT2D eigenvalue weighted by Crippen LogP contribution is 2.28. The molecular weight excluding hydrogens is 266 g/mol.